The highest BCUT2D eigenvalue weighted by Crippen LogP contribution is 2.51. The number of hydrogen-bond donors (Lipinski definition) is 0. The van der Waals surface area contributed by atoms with E-state index in [2.05, 4.69) is 28.3 Å². The largest absolute Gasteiger partial charge is 0.314 e. The summed E-state index contributed by atoms with van der Waals surface area (Å²) in [6.07, 6.45) is 3.55. The number of carbonyl (C=O) groups is 1. The molecule has 0 saturated carbocycles. The third-order valence-electron chi connectivity index (χ3n) is 5.42. The van der Waals surface area contributed by atoms with Crippen LogP contribution in [0.4, 0.5) is 5.69 Å². The Morgan fingerprint density at radius 1 is 1.22 bits per heavy atom. The molecular formula is C17H21N5O. The molecule has 2 unspecified atom stereocenters. The minimum atomic E-state index is -0.431. The third-order valence-corrected chi connectivity index (χ3v) is 5.42. The van der Waals surface area contributed by atoms with Gasteiger partial charge in [0, 0.05) is 26.0 Å². The number of fused-ring (bicyclic) bond motifs is 2. The van der Waals surface area contributed by atoms with Crippen LogP contribution in [-0.4, -0.2) is 46.4 Å². The van der Waals surface area contributed by atoms with Crippen molar-refractivity contribution in [2.24, 2.45) is 7.05 Å². The smallest absolute Gasteiger partial charge is 0.237 e. The van der Waals surface area contributed by atoms with E-state index in [4.69, 9.17) is 0 Å². The van der Waals surface area contributed by atoms with Crippen molar-refractivity contribution in [2.45, 2.75) is 24.3 Å². The first-order chi connectivity index (χ1) is 11.0. The summed E-state index contributed by atoms with van der Waals surface area (Å²) in [6, 6.07) is 8.29. The number of benzene rings is 1. The fraction of sp³-hybridized carbons (Fsp3) is 0.471. The average Bonchev–Trinajstić information content (AvgIpc) is 3.07. The number of likely N-dealkylation sites (tertiary alicyclic amines) is 1. The highest BCUT2D eigenvalue weighted by Gasteiger charge is 2.53. The Kier molecular flexibility index (Phi) is 3.06. The molecule has 1 spiro atoms. The SMILES string of the molecule is CN1C(=O)C2(CCN(C)C(c3cn(C)nn3)C2)c2ccccc21. The van der Waals surface area contributed by atoms with Crippen LogP contribution >= 0.6 is 0 Å². The number of likely N-dealkylation sites (N-methyl/N-ethyl adjacent to an activating group) is 1. The van der Waals surface area contributed by atoms with Crippen LogP contribution in [0.25, 0.3) is 0 Å². The second-order valence-electron chi connectivity index (χ2n) is 6.73. The van der Waals surface area contributed by atoms with Crippen molar-refractivity contribution in [1.29, 1.82) is 0 Å². The predicted octanol–water partition coefficient (Wildman–Crippen LogP) is 1.50. The van der Waals surface area contributed by atoms with Crippen LogP contribution in [0, 0.1) is 0 Å². The maximum Gasteiger partial charge on any atom is 0.237 e. The van der Waals surface area contributed by atoms with E-state index < -0.39 is 5.41 Å². The molecule has 6 nitrogen and oxygen atoms in total. The summed E-state index contributed by atoms with van der Waals surface area (Å²) < 4.78 is 1.72. The molecule has 1 aromatic heterocycles. The monoisotopic (exact) mass is 311 g/mol. The maximum absolute atomic E-state index is 13.1. The van der Waals surface area contributed by atoms with E-state index in [1.807, 2.05) is 43.4 Å². The van der Waals surface area contributed by atoms with Crippen LogP contribution in [0.1, 0.15) is 30.1 Å². The van der Waals surface area contributed by atoms with Gasteiger partial charge in [-0.15, -0.1) is 5.10 Å². The Hall–Kier alpha value is -2.21. The van der Waals surface area contributed by atoms with Gasteiger partial charge in [0.25, 0.3) is 0 Å². The van der Waals surface area contributed by atoms with E-state index in [1.54, 1.807) is 4.68 Å². The zero-order chi connectivity index (χ0) is 16.2. The second kappa shape index (κ2) is 4.89. The molecule has 1 aromatic carbocycles. The molecule has 6 heteroatoms. The lowest BCUT2D eigenvalue weighted by molar-refractivity contribution is -0.125. The van der Waals surface area contributed by atoms with E-state index in [0.717, 1.165) is 36.3 Å². The van der Waals surface area contributed by atoms with Crippen LogP contribution in [0.5, 0.6) is 0 Å². The van der Waals surface area contributed by atoms with Crippen LogP contribution in [0.2, 0.25) is 0 Å². The van der Waals surface area contributed by atoms with Crippen molar-refractivity contribution in [1.82, 2.24) is 19.9 Å². The number of para-hydroxylation sites is 1. The van der Waals surface area contributed by atoms with Gasteiger partial charge in [-0.1, -0.05) is 23.4 Å². The highest BCUT2D eigenvalue weighted by molar-refractivity contribution is 6.07. The topological polar surface area (TPSA) is 54.3 Å². The first-order valence-corrected chi connectivity index (χ1v) is 7.97. The third kappa shape index (κ3) is 1.94. The van der Waals surface area contributed by atoms with Crippen LogP contribution in [-0.2, 0) is 17.3 Å². The number of anilines is 1. The van der Waals surface area contributed by atoms with Gasteiger partial charge < -0.3 is 4.90 Å². The molecule has 23 heavy (non-hydrogen) atoms. The quantitative estimate of drug-likeness (QED) is 0.801. The normalized spacial score (nSPS) is 27.7. The van der Waals surface area contributed by atoms with Gasteiger partial charge in [0.15, 0.2) is 0 Å². The Morgan fingerprint density at radius 2 is 2.00 bits per heavy atom. The molecule has 2 aromatic rings. The molecule has 0 aliphatic carbocycles. The van der Waals surface area contributed by atoms with Crippen LogP contribution in [0.15, 0.2) is 30.5 Å². The fourth-order valence-corrected chi connectivity index (χ4v) is 4.11. The minimum Gasteiger partial charge on any atom is -0.314 e. The first kappa shape index (κ1) is 14.4. The lowest BCUT2D eigenvalue weighted by atomic mass is 9.70. The molecular weight excluding hydrogens is 290 g/mol. The van der Waals surface area contributed by atoms with Crippen molar-refractivity contribution in [3.63, 3.8) is 0 Å². The molecule has 0 N–H and O–H groups in total. The van der Waals surface area contributed by atoms with E-state index >= 15 is 0 Å². The molecule has 4 rings (SSSR count). The van der Waals surface area contributed by atoms with Crippen LogP contribution in [0.3, 0.4) is 0 Å². The van der Waals surface area contributed by atoms with Crippen molar-refractivity contribution in [2.75, 3.05) is 25.5 Å². The van der Waals surface area contributed by atoms with Gasteiger partial charge in [0.2, 0.25) is 5.91 Å². The zero-order valence-electron chi connectivity index (χ0n) is 13.7. The van der Waals surface area contributed by atoms with Gasteiger partial charge in [-0.3, -0.25) is 14.4 Å². The minimum absolute atomic E-state index is 0.112. The molecule has 2 aliphatic rings. The Balaban J connectivity index is 1.78. The van der Waals surface area contributed by atoms with E-state index in [0.29, 0.717) is 0 Å². The Morgan fingerprint density at radius 3 is 2.74 bits per heavy atom. The Bertz CT molecular complexity index is 770. The van der Waals surface area contributed by atoms with Gasteiger partial charge >= 0.3 is 0 Å². The maximum atomic E-state index is 13.1. The summed E-state index contributed by atoms with van der Waals surface area (Å²) in [4.78, 5) is 17.2. The molecule has 2 aliphatic heterocycles. The number of rotatable bonds is 1. The molecule has 1 saturated heterocycles. The summed E-state index contributed by atoms with van der Waals surface area (Å²) in [6.45, 7) is 0.870. The number of amides is 1. The lowest BCUT2D eigenvalue weighted by Crippen LogP contribution is -2.48. The molecule has 1 amide bonds. The van der Waals surface area contributed by atoms with Crippen molar-refractivity contribution in [3.8, 4) is 0 Å². The van der Waals surface area contributed by atoms with Gasteiger partial charge in [0.1, 0.15) is 0 Å². The first-order valence-electron chi connectivity index (χ1n) is 7.97. The van der Waals surface area contributed by atoms with Gasteiger partial charge in [-0.25, -0.2) is 0 Å². The summed E-state index contributed by atoms with van der Waals surface area (Å²) >= 11 is 0. The second-order valence-corrected chi connectivity index (χ2v) is 6.73. The summed E-state index contributed by atoms with van der Waals surface area (Å²) in [7, 11) is 5.85. The van der Waals surface area contributed by atoms with Gasteiger partial charge in [0.05, 0.1) is 17.2 Å². The fourth-order valence-electron chi connectivity index (χ4n) is 4.11. The van der Waals surface area contributed by atoms with Crippen molar-refractivity contribution in [3.05, 3.63) is 41.7 Å². The number of hydrogen-bond acceptors (Lipinski definition) is 4. The molecule has 2 atom stereocenters. The number of aromatic nitrogens is 3. The van der Waals surface area contributed by atoms with E-state index in [9.17, 15) is 4.79 Å². The zero-order valence-corrected chi connectivity index (χ0v) is 13.7. The van der Waals surface area contributed by atoms with Crippen molar-refractivity contribution < 1.29 is 4.79 Å². The Labute approximate surface area is 135 Å². The van der Waals surface area contributed by atoms with E-state index in [1.165, 1.54) is 0 Å². The van der Waals surface area contributed by atoms with Crippen molar-refractivity contribution >= 4 is 11.6 Å². The molecule has 0 radical (unpaired) electrons. The van der Waals surface area contributed by atoms with Gasteiger partial charge in [-0.2, -0.15) is 0 Å². The van der Waals surface area contributed by atoms with Gasteiger partial charge in [-0.05, 0) is 38.1 Å². The number of piperidine rings is 1. The molecule has 1 fully saturated rings. The molecule has 3 heterocycles. The van der Waals surface area contributed by atoms with E-state index in [-0.39, 0.29) is 11.9 Å². The average molecular weight is 311 g/mol. The predicted molar refractivity (Wildman–Crippen MR) is 87.1 cm³/mol. The molecule has 120 valence electrons. The summed E-state index contributed by atoms with van der Waals surface area (Å²) in [5.74, 6) is 0.209. The summed E-state index contributed by atoms with van der Waals surface area (Å²) in [5.41, 5.74) is 2.71. The molecule has 0 bridgehead atoms. The number of nitrogens with zero attached hydrogens (tertiary/aromatic N) is 5. The summed E-state index contributed by atoms with van der Waals surface area (Å²) in [5, 5.41) is 8.36. The standard InChI is InChI=1S/C17H21N5O/c1-20-9-8-17(10-15(20)13-11-21(2)19-18-13)12-6-4-5-7-14(12)22(3)16(17)23/h4-7,11,15H,8-10H2,1-3H3. The highest BCUT2D eigenvalue weighted by atomic mass is 16.2. The number of carbonyl (C=O) groups excluding carboxylic acids is 1. The lowest BCUT2D eigenvalue weighted by Gasteiger charge is -2.41. The van der Waals surface area contributed by atoms with Crippen LogP contribution < -0.4 is 4.90 Å². The number of aryl methyl sites for hydroxylation is 1.